The van der Waals surface area contributed by atoms with Crippen molar-refractivity contribution in [3.05, 3.63) is 47.5 Å². The van der Waals surface area contributed by atoms with Crippen LogP contribution in [0.5, 0.6) is 0 Å². The summed E-state index contributed by atoms with van der Waals surface area (Å²) in [6, 6.07) is 11.0. The van der Waals surface area contributed by atoms with Crippen LogP contribution in [0.25, 0.3) is 0 Å². The first-order valence-corrected chi connectivity index (χ1v) is 8.71. The fourth-order valence-corrected chi connectivity index (χ4v) is 3.63. The molecule has 0 heterocycles. The van der Waals surface area contributed by atoms with Gasteiger partial charge in [0.05, 0.1) is 4.90 Å². The Hall–Kier alpha value is -1.50. The second-order valence-corrected chi connectivity index (χ2v) is 7.75. The average Bonchev–Trinajstić information content (AvgIpc) is 2.44. The van der Waals surface area contributed by atoms with Crippen LogP contribution < -0.4 is 10.5 Å². The van der Waals surface area contributed by atoms with Crippen LogP contribution in [0.15, 0.2) is 51.1 Å². The van der Waals surface area contributed by atoms with Crippen LogP contribution >= 0.6 is 11.8 Å². The van der Waals surface area contributed by atoms with E-state index in [1.807, 2.05) is 13.8 Å². The smallest absolute Gasteiger partial charge is 0.240 e. The van der Waals surface area contributed by atoms with Gasteiger partial charge in [0.25, 0.3) is 0 Å². The third-order valence-electron chi connectivity index (χ3n) is 3.12. The van der Waals surface area contributed by atoms with E-state index in [0.29, 0.717) is 5.69 Å². The monoisotopic (exact) mass is 322 g/mol. The zero-order valence-corrected chi connectivity index (χ0v) is 13.8. The summed E-state index contributed by atoms with van der Waals surface area (Å²) in [6.45, 7) is 4.08. The van der Waals surface area contributed by atoms with E-state index in [2.05, 4.69) is 22.9 Å². The van der Waals surface area contributed by atoms with Crippen molar-refractivity contribution in [2.24, 2.45) is 0 Å². The number of sulfonamides is 1. The molecule has 0 aliphatic rings. The molecule has 0 bridgehead atoms. The van der Waals surface area contributed by atoms with E-state index in [1.165, 1.54) is 18.7 Å². The summed E-state index contributed by atoms with van der Waals surface area (Å²) < 4.78 is 25.8. The molecule has 0 spiro atoms. The van der Waals surface area contributed by atoms with Crippen molar-refractivity contribution in [2.75, 3.05) is 12.8 Å². The Bertz CT molecular complexity index is 771. The minimum absolute atomic E-state index is 0.174. The largest absolute Gasteiger partial charge is 0.398 e. The molecule has 0 atom stereocenters. The van der Waals surface area contributed by atoms with Crippen molar-refractivity contribution in [3.63, 3.8) is 0 Å². The van der Waals surface area contributed by atoms with Crippen molar-refractivity contribution in [3.8, 4) is 0 Å². The summed E-state index contributed by atoms with van der Waals surface area (Å²) >= 11 is 1.54. The fraction of sp³-hybridized carbons (Fsp3) is 0.200. The van der Waals surface area contributed by atoms with Gasteiger partial charge in [0.1, 0.15) is 0 Å². The van der Waals surface area contributed by atoms with Gasteiger partial charge in [-0.3, -0.25) is 0 Å². The third kappa shape index (κ3) is 3.58. The predicted octanol–water partition coefficient (Wildman–Crippen LogP) is 2.94. The Labute approximate surface area is 129 Å². The second kappa shape index (κ2) is 6.09. The van der Waals surface area contributed by atoms with E-state index in [1.54, 1.807) is 23.9 Å². The summed E-state index contributed by atoms with van der Waals surface area (Å²) in [5, 5.41) is 0. The van der Waals surface area contributed by atoms with E-state index in [4.69, 9.17) is 5.73 Å². The normalized spacial score (nSPS) is 11.6. The highest BCUT2D eigenvalue weighted by Gasteiger charge is 2.13. The summed E-state index contributed by atoms with van der Waals surface area (Å²) in [5.74, 6) is 0. The molecule has 0 aromatic heterocycles. The molecule has 2 rings (SSSR count). The van der Waals surface area contributed by atoms with Gasteiger partial charge >= 0.3 is 0 Å². The lowest BCUT2D eigenvalue weighted by Gasteiger charge is -2.10. The maximum Gasteiger partial charge on any atom is 0.240 e. The molecule has 0 radical (unpaired) electrons. The van der Waals surface area contributed by atoms with Crippen LogP contribution in [0.3, 0.4) is 0 Å². The average molecular weight is 322 g/mol. The maximum atomic E-state index is 11.7. The van der Waals surface area contributed by atoms with Gasteiger partial charge in [-0.05, 0) is 56.3 Å². The maximum absolute atomic E-state index is 11.7. The molecule has 0 fully saturated rings. The van der Waals surface area contributed by atoms with E-state index < -0.39 is 10.0 Å². The van der Waals surface area contributed by atoms with Gasteiger partial charge in [-0.25, -0.2) is 13.1 Å². The Balaban J connectivity index is 2.36. The van der Waals surface area contributed by atoms with Crippen LogP contribution in [0.4, 0.5) is 5.69 Å². The Morgan fingerprint density at radius 2 is 1.76 bits per heavy atom. The summed E-state index contributed by atoms with van der Waals surface area (Å²) in [4.78, 5) is 2.14. The minimum atomic E-state index is -3.46. The van der Waals surface area contributed by atoms with E-state index in [9.17, 15) is 8.42 Å². The molecule has 3 N–H and O–H groups in total. The van der Waals surface area contributed by atoms with Gasteiger partial charge < -0.3 is 5.73 Å². The molecule has 0 aliphatic heterocycles. The quantitative estimate of drug-likeness (QED) is 0.849. The predicted molar refractivity (Wildman–Crippen MR) is 87.1 cm³/mol. The molecular weight excluding hydrogens is 304 g/mol. The summed E-state index contributed by atoms with van der Waals surface area (Å²) in [6.07, 6.45) is 0. The van der Waals surface area contributed by atoms with Crippen LogP contribution in [0.2, 0.25) is 0 Å². The van der Waals surface area contributed by atoms with Gasteiger partial charge in [-0.1, -0.05) is 23.9 Å². The number of aryl methyl sites for hydroxylation is 2. The highest BCUT2D eigenvalue weighted by Crippen LogP contribution is 2.35. The zero-order chi connectivity index (χ0) is 15.6. The van der Waals surface area contributed by atoms with Crippen LogP contribution in [-0.4, -0.2) is 15.5 Å². The molecule has 0 saturated carbocycles. The van der Waals surface area contributed by atoms with Crippen molar-refractivity contribution in [1.82, 2.24) is 4.72 Å². The lowest BCUT2D eigenvalue weighted by molar-refractivity contribution is 0.588. The summed E-state index contributed by atoms with van der Waals surface area (Å²) in [5.41, 5.74) is 8.79. The molecule has 4 nitrogen and oxygen atoms in total. The molecule has 0 saturated heterocycles. The first-order valence-electron chi connectivity index (χ1n) is 6.41. The van der Waals surface area contributed by atoms with Gasteiger partial charge in [-0.2, -0.15) is 0 Å². The minimum Gasteiger partial charge on any atom is -0.398 e. The highest BCUT2D eigenvalue weighted by molar-refractivity contribution is 7.99. The summed E-state index contributed by atoms with van der Waals surface area (Å²) in [7, 11) is -2.09. The molecule has 0 unspecified atom stereocenters. The molecule has 0 aliphatic carbocycles. The second-order valence-electron chi connectivity index (χ2n) is 4.78. The number of hydrogen-bond acceptors (Lipinski definition) is 4. The standard InChI is InChI=1S/C15H18N2O2S2/c1-10-4-5-11(2)15(8-10)20-14-7-6-12(9-13(14)16)21(18,19)17-3/h4-9,17H,16H2,1-3H3. The molecule has 6 heteroatoms. The number of rotatable bonds is 4. The molecule has 2 aromatic rings. The number of nitrogen functional groups attached to an aromatic ring is 1. The Morgan fingerprint density at radius 1 is 1.05 bits per heavy atom. The first kappa shape index (κ1) is 15.9. The third-order valence-corrected chi connectivity index (χ3v) is 5.79. The topological polar surface area (TPSA) is 72.2 Å². The lowest BCUT2D eigenvalue weighted by Crippen LogP contribution is -2.18. The SMILES string of the molecule is CNS(=O)(=O)c1ccc(Sc2cc(C)ccc2C)c(N)c1. The molecule has 0 amide bonds. The lowest BCUT2D eigenvalue weighted by atomic mass is 10.2. The zero-order valence-electron chi connectivity index (χ0n) is 12.2. The number of nitrogens with one attached hydrogen (secondary N) is 1. The molecular formula is C15H18N2O2S2. The van der Waals surface area contributed by atoms with Crippen molar-refractivity contribution in [2.45, 2.75) is 28.5 Å². The number of anilines is 1. The van der Waals surface area contributed by atoms with Gasteiger partial charge in [0, 0.05) is 15.5 Å². The van der Waals surface area contributed by atoms with E-state index in [0.717, 1.165) is 15.4 Å². The van der Waals surface area contributed by atoms with Crippen molar-refractivity contribution >= 4 is 27.5 Å². The van der Waals surface area contributed by atoms with E-state index >= 15 is 0 Å². The number of benzene rings is 2. The van der Waals surface area contributed by atoms with Crippen LogP contribution in [0, 0.1) is 13.8 Å². The number of hydrogen-bond donors (Lipinski definition) is 2. The van der Waals surface area contributed by atoms with Gasteiger partial charge in [-0.15, -0.1) is 0 Å². The Morgan fingerprint density at radius 3 is 2.38 bits per heavy atom. The Kier molecular flexibility index (Phi) is 4.61. The van der Waals surface area contributed by atoms with Crippen molar-refractivity contribution < 1.29 is 8.42 Å². The van der Waals surface area contributed by atoms with Crippen molar-refractivity contribution in [1.29, 1.82) is 0 Å². The molecule has 2 aromatic carbocycles. The fourth-order valence-electron chi connectivity index (χ4n) is 1.84. The van der Waals surface area contributed by atoms with Crippen LogP contribution in [0.1, 0.15) is 11.1 Å². The molecule has 112 valence electrons. The first-order chi connectivity index (χ1) is 9.83. The van der Waals surface area contributed by atoms with Gasteiger partial charge in [0.2, 0.25) is 10.0 Å². The van der Waals surface area contributed by atoms with Crippen LogP contribution in [-0.2, 0) is 10.0 Å². The number of nitrogens with two attached hydrogens (primary N) is 1. The highest BCUT2D eigenvalue weighted by atomic mass is 32.2. The van der Waals surface area contributed by atoms with Gasteiger partial charge in [0.15, 0.2) is 0 Å². The molecule has 21 heavy (non-hydrogen) atoms. The van der Waals surface area contributed by atoms with E-state index in [-0.39, 0.29) is 4.90 Å².